The van der Waals surface area contributed by atoms with Crippen LogP contribution in [-0.4, -0.2) is 66.8 Å². The molecule has 4 rings (SSSR count). The Bertz CT molecular complexity index is 961. The molecule has 3 aromatic carbocycles. The summed E-state index contributed by atoms with van der Waals surface area (Å²) in [7, 11) is 0. The highest BCUT2D eigenvalue weighted by molar-refractivity contribution is 5.42. The minimum Gasteiger partial charge on any atom is -0.390 e. The quantitative estimate of drug-likeness (QED) is 0.408. The number of β-amino-alcohol motifs (C(OH)–C–C–N with tert-alkyl or cyclic N) is 1. The first-order chi connectivity index (χ1) is 17.1. The van der Waals surface area contributed by atoms with Gasteiger partial charge in [0.2, 0.25) is 0 Å². The Kier molecular flexibility index (Phi) is 9.23. The van der Waals surface area contributed by atoms with Crippen LogP contribution < -0.4 is 5.32 Å². The SMILES string of the molecule is O[C@@H](CNc1ccccc1)CN1CCN(CCCC(c2ccc(F)cc2)c2ccc(F)cc2)CC1. The van der Waals surface area contributed by atoms with E-state index in [1.807, 2.05) is 54.6 Å². The molecular weight excluding hydrogens is 444 g/mol. The monoisotopic (exact) mass is 479 g/mol. The average molecular weight is 480 g/mol. The van der Waals surface area contributed by atoms with Crippen molar-refractivity contribution in [2.45, 2.75) is 24.9 Å². The standard InChI is InChI=1S/C29H35F2N3O/c30-25-12-8-23(9-13-25)29(24-10-14-26(31)15-11-24)7-4-16-33-17-19-34(20-18-33)22-28(35)21-32-27-5-2-1-3-6-27/h1-3,5-6,8-15,28-29,32,35H,4,7,16-22H2/t28-/m0/s1. The van der Waals surface area contributed by atoms with Crippen molar-refractivity contribution in [3.63, 3.8) is 0 Å². The van der Waals surface area contributed by atoms with Crippen molar-refractivity contribution < 1.29 is 13.9 Å². The molecule has 0 aliphatic carbocycles. The number of rotatable bonds is 11. The normalized spacial score (nSPS) is 15.9. The largest absolute Gasteiger partial charge is 0.390 e. The van der Waals surface area contributed by atoms with Crippen LogP contribution in [0.3, 0.4) is 0 Å². The maximum atomic E-state index is 13.5. The zero-order chi connectivity index (χ0) is 24.5. The highest BCUT2D eigenvalue weighted by Crippen LogP contribution is 2.30. The molecule has 0 spiro atoms. The van der Waals surface area contributed by atoms with E-state index in [0.717, 1.165) is 62.4 Å². The smallest absolute Gasteiger partial charge is 0.123 e. The van der Waals surface area contributed by atoms with Crippen molar-refractivity contribution in [2.24, 2.45) is 0 Å². The Morgan fingerprint density at radius 3 is 1.86 bits per heavy atom. The number of aliphatic hydroxyl groups is 1. The molecule has 186 valence electrons. The summed E-state index contributed by atoms with van der Waals surface area (Å²) in [5.74, 6) is -0.374. The molecule has 0 aromatic heterocycles. The maximum Gasteiger partial charge on any atom is 0.123 e. The second kappa shape index (κ2) is 12.8. The van der Waals surface area contributed by atoms with Crippen molar-refractivity contribution in [2.75, 3.05) is 51.1 Å². The second-order valence-corrected chi connectivity index (χ2v) is 9.34. The summed E-state index contributed by atoms with van der Waals surface area (Å²) in [5, 5.41) is 13.7. The fourth-order valence-electron chi connectivity index (χ4n) is 4.78. The lowest BCUT2D eigenvalue weighted by Gasteiger charge is -2.36. The van der Waals surface area contributed by atoms with Crippen LogP contribution in [-0.2, 0) is 0 Å². The van der Waals surface area contributed by atoms with Gasteiger partial charge in [0.25, 0.3) is 0 Å². The summed E-state index contributed by atoms with van der Waals surface area (Å²) in [6, 6.07) is 23.3. The number of benzene rings is 3. The summed E-state index contributed by atoms with van der Waals surface area (Å²) < 4.78 is 26.9. The molecule has 1 heterocycles. The van der Waals surface area contributed by atoms with Gasteiger partial charge in [0, 0.05) is 50.9 Å². The lowest BCUT2D eigenvalue weighted by molar-refractivity contribution is 0.0776. The molecule has 1 atom stereocenters. The minimum atomic E-state index is -0.408. The van der Waals surface area contributed by atoms with Gasteiger partial charge in [-0.1, -0.05) is 42.5 Å². The molecule has 1 aliphatic rings. The van der Waals surface area contributed by atoms with Gasteiger partial charge in [-0.3, -0.25) is 4.90 Å². The Morgan fingerprint density at radius 1 is 0.743 bits per heavy atom. The lowest BCUT2D eigenvalue weighted by Crippen LogP contribution is -2.49. The Hall–Kier alpha value is -2.80. The van der Waals surface area contributed by atoms with Crippen molar-refractivity contribution in [3.8, 4) is 0 Å². The van der Waals surface area contributed by atoms with Gasteiger partial charge in [-0.05, 0) is 66.9 Å². The second-order valence-electron chi connectivity index (χ2n) is 9.34. The Balaban J connectivity index is 1.21. The molecule has 0 amide bonds. The van der Waals surface area contributed by atoms with Crippen LogP contribution in [0.15, 0.2) is 78.9 Å². The molecule has 0 bridgehead atoms. The fourth-order valence-corrected chi connectivity index (χ4v) is 4.78. The van der Waals surface area contributed by atoms with Gasteiger partial charge in [-0.2, -0.15) is 0 Å². The molecule has 4 nitrogen and oxygen atoms in total. The number of nitrogens with zero attached hydrogens (tertiary/aromatic N) is 2. The molecule has 2 N–H and O–H groups in total. The molecule has 3 aromatic rings. The van der Waals surface area contributed by atoms with Crippen LogP contribution in [0.5, 0.6) is 0 Å². The molecule has 1 saturated heterocycles. The van der Waals surface area contributed by atoms with Crippen LogP contribution in [0.25, 0.3) is 0 Å². The van der Waals surface area contributed by atoms with E-state index in [4.69, 9.17) is 0 Å². The number of hydrogen-bond acceptors (Lipinski definition) is 4. The van der Waals surface area contributed by atoms with Crippen molar-refractivity contribution in [1.82, 2.24) is 9.80 Å². The van der Waals surface area contributed by atoms with E-state index in [9.17, 15) is 13.9 Å². The minimum absolute atomic E-state index is 0.116. The van der Waals surface area contributed by atoms with Crippen molar-refractivity contribution in [3.05, 3.63) is 102 Å². The molecule has 1 aliphatic heterocycles. The Morgan fingerprint density at radius 2 is 1.29 bits per heavy atom. The third-order valence-electron chi connectivity index (χ3n) is 6.76. The number of piperazine rings is 1. The van der Waals surface area contributed by atoms with Gasteiger partial charge in [-0.15, -0.1) is 0 Å². The number of halogens is 2. The van der Waals surface area contributed by atoms with E-state index in [1.54, 1.807) is 0 Å². The van der Waals surface area contributed by atoms with Gasteiger partial charge >= 0.3 is 0 Å². The van der Waals surface area contributed by atoms with Crippen LogP contribution in [0.1, 0.15) is 29.9 Å². The van der Waals surface area contributed by atoms with E-state index >= 15 is 0 Å². The fraction of sp³-hybridized carbons (Fsp3) is 0.379. The number of para-hydroxylation sites is 1. The van der Waals surface area contributed by atoms with E-state index in [0.29, 0.717) is 13.1 Å². The van der Waals surface area contributed by atoms with Gasteiger partial charge in [0.1, 0.15) is 11.6 Å². The third kappa shape index (κ3) is 7.85. The maximum absolute atomic E-state index is 13.5. The molecular formula is C29H35F2N3O. The number of hydrogen-bond donors (Lipinski definition) is 2. The molecule has 0 unspecified atom stereocenters. The van der Waals surface area contributed by atoms with Crippen LogP contribution >= 0.6 is 0 Å². The summed E-state index contributed by atoms with van der Waals surface area (Å²) in [4.78, 5) is 4.80. The van der Waals surface area contributed by atoms with Crippen LogP contribution in [0.2, 0.25) is 0 Å². The van der Waals surface area contributed by atoms with Crippen LogP contribution in [0, 0.1) is 11.6 Å². The first-order valence-electron chi connectivity index (χ1n) is 12.5. The summed E-state index contributed by atoms with van der Waals surface area (Å²) in [5.41, 5.74) is 3.14. The topological polar surface area (TPSA) is 38.7 Å². The van der Waals surface area contributed by atoms with E-state index in [-0.39, 0.29) is 17.6 Å². The van der Waals surface area contributed by atoms with Crippen molar-refractivity contribution in [1.29, 1.82) is 0 Å². The highest BCUT2D eigenvalue weighted by atomic mass is 19.1. The molecule has 0 saturated carbocycles. The predicted molar refractivity (Wildman–Crippen MR) is 138 cm³/mol. The number of nitrogens with one attached hydrogen (secondary N) is 1. The van der Waals surface area contributed by atoms with Gasteiger partial charge < -0.3 is 15.3 Å². The molecule has 35 heavy (non-hydrogen) atoms. The molecule has 6 heteroatoms. The van der Waals surface area contributed by atoms with Gasteiger partial charge in [0.05, 0.1) is 6.10 Å². The summed E-state index contributed by atoms with van der Waals surface area (Å²) in [6.45, 7) is 6.06. The lowest BCUT2D eigenvalue weighted by atomic mass is 9.87. The predicted octanol–water partition coefficient (Wildman–Crippen LogP) is 4.97. The zero-order valence-corrected chi connectivity index (χ0v) is 20.1. The highest BCUT2D eigenvalue weighted by Gasteiger charge is 2.20. The number of anilines is 1. The van der Waals surface area contributed by atoms with E-state index in [2.05, 4.69) is 15.1 Å². The van der Waals surface area contributed by atoms with Gasteiger partial charge in [-0.25, -0.2) is 8.78 Å². The molecule has 0 radical (unpaired) electrons. The van der Waals surface area contributed by atoms with Crippen LogP contribution in [0.4, 0.5) is 14.5 Å². The third-order valence-corrected chi connectivity index (χ3v) is 6.76. The average Bonchev–Trinajstić information content (AvgIpc) is 2.88. The first kappa shape index (κ1) is 25.3. The summed E-state index contributed by atoms with van der Waals surface area (Å²) in [6.07, 6.45) is 1.51. The van der Waals surface area contributed by atoms with E-state index < -0.39 is 6.10 Å². The zero-order valence-electron chi connectivity index (χ0n) is 20.1. The molecule has 1 fully saturated rings. The summed E-state index contributed by atoms with van der Waals surface area (Å²) >= 11 is 0. The number of aliphatic hydroxyl groups excluding tert-OH is 1. The van der Waals surface area contributed by atoms with E-state index in [1.165, 1.54) is 24.3 Å². The van der Waals surface area contributed by atoms with Gasteiger partial charge in [0.15, 0.2) is 0 Å². The first-order valence-corrected chi connectivity index (χ1v) is 12.5. The van der Waals surface area contributed by atoms with Crippen molar-refractivity contribution >= 4 is 5.69 Å². The Labute approximate surface area is 207 Å².